The van der Waals surface area contributed by atoms with Gasteiger partial charge in [0, 0.05) is 25.6 Å². The van der Waals surface area contributed by atoms with Gasteiger partial charge >= 0.3 is 0 Å². The van der Waals surface area contributed by atoms with E-state index in [9.17, 15) is 0 Å². The van der Waals surface area contributed by atoms with Crippen LogP contribution in [0.5, 0.6) is 0 Å². The molecule has 0 spiro atoms. The molecule has 2 nitrogen and oxygen atoms in total. The van der Waals surface area contributed by atoms with Crippen molar-refractivity contribution < 1.29 is 4.74 Å². The van der Waals surface area contributed by atoms with Gasteiger partial charge in [0.2, 0.25) is 0 Å². The molecule has 2 rings (SSSR count). The molecule has 0 unspecified atom stereocenters. The summed E-state index contributed by atoms with van der Waals surface area (Å²) in [5.41, 5.74) is 1.63. The Morgan fingerprint density at radius 3 is 2.77 bits per heavy atom. The molecule has 2 heterocycles. The number of rotatable bonds is 1. The van der Waals surface area contributed by atoms with Crippen molar-refractivity contribution in [2.75, 3.05) is 13.2 Å². The molecule has 0 bridgehead atoms. The molecule has 0 N–H and O–H groups in total. The van der Waals surface area contributed by atoms with E-state index in [2.05, 4.69) is 18.0 Å². The van der Waals surface area contributed by atoms with Gasteiger partial charge in [-0.15, -0.1) is 0 Å². The van der Waals surface area contributed by atoms with Crippen molar-refractivity contribution >= 4 is 0 Å². The van der Waals surface area contributed by atoms with Crippen LogP contribution in [0, 0.1) is 0 Å². The molecule has 0 amide bonds. The molecule has 0 atom stereocenters. The van der Waals surface area contributed by atoms with E-state index < -0.39 is 0 Å². The molecular weight excluding hydrogens is 162 g/mol. The molecule has 1 aromatic rings. The van der Waals surface area contributed by atoms with Crippen molar-refractivity contribution in [2.45, 2.75) is 25.2 Å². The van der Waals surface area contributed by atoms with Crippen LogP contribution in [0.2, 0.25) is 0 Å². The summed E-state index contributed by atoms with van der Waals surface area (Å²) in [6.45, 7) is 4.06. The predicted octanol–water partition coefficient (Wildman–Crippen LogP) is 2.15. The smallest absolute Gasteiger partial charge is 0.0474 e. The first-order chi connectivity index (χ1) is 6.31. The first kappa shape index (κ1) is 8.70. The lowest BCUT2D eigenvalue weighted by molar-refractivity contribution is 0.0563. The highest BCUT2D eigenvalue weighted by atomic mass is 16.5. The summed E-state index contributed by atoms with van der Waals surface area (Å²) in [6, 6.07) is 4.17. The van der Waals surface area contributed by atoms with Gasteiger partial charge in [-0.1, -0.05) is 13.0 Å². The maximum Gasteiger partial charge on any atom is 0.0474 e. The van der Waals surface area contributed by atoms with E-state index in [-0.39, 0.29) is 5.41 Å². The quantitative estimate of drug-likeness (QED) is 0.655. The largest absolute Gasteiger partial charge is 0.381 e. The van der Waals surface area contributed by atoms with Gasteiger partial charge in [0.25, 0.3) is 0 Å². The number of nitrogens with zero attached hydrogens (tertiary/aromatic N) is 1. The lowest BCUT2D eigenvalue weighted by Crippen LogP contribution is -2.30. The van der Waals surface area contributed by atoms with Gasteiger partial charge in [-0.25, -0.2) is 0 Å². The van der Waals surface area contributed by atoms with Crippen LogP contribution in [0.3, 0.4) is 0 Å². The molecule has 0 saturated carbocycles. The van der Waals surface area contributed by atoms with Crippen LogP contribution in [-0.4, -0.2) is 18.2 Å². The van der Waals surface area contributed by atoms with Gasteiger partial charge in [-0.2, -0.15) is 0 Å². The molecule has 0 radical (unpaired) electrons. The number of pyridine rings is 1. The van der Waals surface area contributed by atoms with Gasteiger partial charge in [0.05, 0.1) is 0 Å². The van der Waals surface area contributed by atoms with Crippen molar-refractivity contribution in [3.05, 3.63) is 30.1 Å². The Morgan fingerprint density at radius 2 is 2.15 bits per heavy atom. The van der Waals surface area contributed by atoms with Gasteiger partial charge < -0.3 is 4.74 Å². The van der Waals surface area contributed by atoms with E-state index in [1.165, 1.54) is 5.56 Å². The van der Waals surface area contributed by atoms with E-state index in [1.54, 1.807) is 0 Å². The van der Waals surface area contributed by atoms with Crippen molar-refractivity contribution in [3.8, 4) is 0 Å². The molecule has 1 fully saturated rings. The molecule has 2 heteroatoms. The summed E-state index contributed by atoms with van der Waals surface area (Å²) in [4.78, 5) is 4.16. The first-order valence-corrected chi connectivity index (χ1v) is 4.79. The first-order valence-electron chi connectivity index (χ1n) is 4.79. The Kier molecular flexibility index (Phi) is 2.32. The minimum Gasteiger partial charge on any atom is -0.381 e. The van der Waals surface area contributed by atoms with Crippen LogP contribution in [0.15, 0.2) is 24.5 Å². The summed E-state index contributed by atoms with van der Waals surface area (Å²) in [5, 5.41) is 0. The fourth-order valence-electron chi connectivity index (χ4n) is 1.83. The summed E-state index contributed by atoms with van der Waals surface area (Å²) < 4.78 is 5.37. The summed E-state index contributed by atoms with van der Waals surface area (Å²) in [7, 11) is 0. The molecule has 13 heavy (non-hydrogen) atoms. The van der Waals surface area contributed by atoms with Crippen LogP contribution in [0.4, 0.5) is 0 Å². The normalized spacial score (nSPS) is 21.3. The van der Waals surface area contributed by atoms with Crippen LogP contribution in [0.1, 0.15) is 25.3 Å². The number of ether oxygens (including phenoxy) is 1. The second kappa shape index (κ2) is 3.46. The maximum atomic E-state index is 5.37. The van der Waals surface area contributed by atoms with Crippen LogP contribution >= 0.6 is 0 Å². The van der Waals surface area contributed by atoms with Crippen molar-refractivity contribution in [1.29, 1.82) is 0 Å². The standard InChI is InChI=1S/C11H15NO/c1-11(4-7-13-8-5-11)10-3-2-6-12-9-10/h2-3,6,9H,4-5,7-8H2,1H3. The zero-order valence-corrected chi connectivity index (χ0v) is 7.99. The molecule has 1 aromatic heterocycles. The van der Waals surface area contributed by atoms with Gasteiger partial charge in [0.1, 0.15) is 0 Å². The van der Waals surface area contributed by atoms with Crippen molar-refractivity contribution in [1.82, 2.24) is 4.98 Å². The molecule has 0 aliphatic carbocycles. The van der Waals surface area contributed by atoms with E-state index in [0.29, 0.717) is 0 Å². The SMILES string of the molecule is CC1(c2cccnc2)CCOCC1. The maximum absolute atomic E-state index is 5.37. The Balaban J connectivity index is 2.23. The lowest BCUT2D eigenvalue weighted by atomic mass is 9.77. The molecule has 0 aromatic carbocycles. The molecule has 1 saturated heterocycles. The van der Waals surface area contributed by atoms with E-state index in [1.807, 2.05) is 18.5 Å². The highest BCUT2D eigenvalue weighted by molar-refractivity contribution is 5.20. The Hall–Kier alpha value is -0.890. The average molecular weight is 177 g/mol. The third kappa shape index (κ3) is 1.73. The predicted molar refractivity (Wildman–Crippen MR) is 51.6 cm³/mol. The molecule has 70 valence electrons. The summed E-state index contributed by atoms with van der Waals surface area (Å²) in [6.07, 6.45) is 6.02. The highest BCUT2D eigenvalue weighted by Gasteiger charge is 2.29. The second-order valence-corrected chi connectivity index (χ2v) is 3.91. The molecule has 1 aliphatic rings. The van der Waals surface area contributed by atoms with Crippen molar-refractivity contribution in [2.24, 2.45) is 0 Å². The van der Waals surface area contributed by atoms with E-state index in [4.69, 9.17) is 4.74 Å². The van der Waals surface area contributed by atoms with Crippen LogP contribution < -0.4 is 0 Å². The Labute approximate surface area is 78.9 Å². The van der Waals surface area contributed by atoms with Gasteiger partial charge in [-0.05, 0) is 29.9 Å². The minimum absolute atomic E-state index is 0.284. The van der Waals surface area contributed by atoms with E-state index in [0.717, 1.165) is 26.1 Å². The number of hydrogen-bond donors (Lipinski definition) is 0. The molecule has 1 aliphatic heterocycles. The fourth-order valence-corrected chi connectivity index (χ4v) is 1.83. The Bertz CT molecular complexity index is 265. The average Bonchev–Trinajstić information content (AvgIpc) is 2.20. The zero-order valence-electron chi connectivity index (χ0n) is 7.99. The topological polar surface area (TPSA) is 22.1 Å². The summed E-state index contributed by atoms with van der Waals surface area (Å²) >= 11 is 0. The van der Waals surface area contributed by atoms with Gasteiger partial charge in [0.15, 0.2) is 0 Å². The monoisotopic (exact) mass is 177 g/mol. The number of hydrogen-bond acceptors (Lipinski definition) is 2. The zero-order chi connectivity index (χ0) is 9.15. The van der Waals surface area contributed by atoms with Crippen LogP contribution in [-0.2, 0) is 10.2 Å². The van der Waals surface area contributed by atoms with Crippen LogP contribution in [0.25, 0.3) is 0 Å². The van der Waals surface area contributed by atoms with Crippen molar-refractivity contribution in [3.63, 3.8) is 0 Å². The number of aromatic nitrogens is 1. The molecular formula is C11H15NO. The summed E-state index contributed by atoms with van der Waals surface area (Å²) in [5.74, 6) is 0. The Morgan fingerprint density at radius 1 is 1.38 bits per heavy atom. The van der Waals surface area contributed by atoms with E-state index >= 15 is 0 Å². The third-order valence-corrected chi connectivity index (χ3v) is 2.95. The third-order valence-electron chi connectivity index (χ3n) is 2.95. The van der Waals surface area contributed by atoms with Gasteiger partial charge in [-0.3, -0.25) is 4.98 Å². The second-order valence-electron chi connectivity index (χ2n) is 3.91. The minimum atomic E-state index is 0.284. The highest BCUT2D eigenvalue weighted by Crippen LogP contribution is 2.33. The fraction of sp³-hybridized carbons (Fsp3) is 0.545. The lowest BCUT2D eigenvalue weighted by Gasteiger charge is -2.33.